The van der Waals surface area contributed by atoms with Gasteiger partial charge >= 0.3 is 12.1 Å². The van der Waals surface area contributed by atoms with Gasteiger partial charge in [0.1, 0.15) is 12.1 Å². The summed E-state index contributed by atoms with van der Waals surface area (Å²) >= 11 is 0. The van der Waals surface area contributed by atoms with Gasteiger partial charge in [-0.25, -0.2) is 9.59 Å². The van der Waals surface area contributed by atoms with Crippen LogP contribution in [0, 0.1) is 11.3 Å². The van der Waals surface area contributed by atoms with Gasteiger partial charge in [-0.15, -0.1) is 0 Å². The third-order valence-electron chi connectivity index (χ3n) is 3.48. The van der Waals surface area contributed by atoms with Crippen molar-refractivity contribution in [1.82, 2.24) is 5.32 Å². The highest BCUT2D eigenvalue weighted by atomic mass is 16.6. The second-order valence-corrected chi connectivity index (χ2v) is 6.92. The number of rotatable bonds is 5. The maximum absolute atomic E-state index is 11.9. The molecule has 0 aliphatic carbocycles. The molecular formula is C15H27NO5. The summed E-state index contributed by atoms with van der Waals surface area (Å²) in [6.45, 7) is 9.11. The van der Waals surface area contributed by atoms with E-state index in [1.54, 1.807) is 0 Å². The lowest BCUT2D eigenvalue weighted by Crippen LogP contribution is -2.47. The molecule has 122 valence electrons. The van der Waals surface area contributed by atoms with Gasteiger partial charge in [-0.1, -0.05) is 27.7 Å². The maximum atomic E-state index is 11.9. The molecule has 1 saturated heterocycles. The van der Waals surface area contributed by atoms with E-state index >= 15 is 0 Å². The van der Waals surface area contributed by atoms with Crippen LogP contribution >= 0.6 is 0 Å². The summed E-state index contributed by atoms with van der Waals surface area (Å²) < 4.78 is 10.4. The number of hydrogen-bond donors (Lipinski definition) is 2. The molecule has 0 aromatic carbocycles. The number of alkyl carbamates (subject to hydrolysis) is 1. The number of carbonyl (C=O) groups excluding carboxylic acids is 1. The molecule has 1 heterocycles. The van der Waals surface area contributed by atoms with Crippen LogP contribution in [-0.2, 0) is 14.3 Å². The fraction of sp³-hybridized carbons (Fsp3) is 0.867. The fourth-order valence-electron chi connectivity index (χ4n) is 2.64. The summed E-state index contributed by atoms with van der Waals surface area (Å²) in [7, 11) is 0. The van der Waals surface area contributed by atoms with E-state index in [9.17, 15) is 14.7 Å². The highest BCUT2D eigenvalue weighted by molar-refractivity contribution is 5.80. The van der Waals surface area contributed by atoms with Gasteiger partial charge in [-0.2, -0.15) is 0 Å². The van der Waals surface area contributed by atoms with E-state index in [1.807, 2.05) is 27.7 Å². The van der Waals surface area contributed by atoms with Gasteiger partial charge in [0.15, 0.2) is 0 Å². The van der Waals surface area contributed by atoms with E-state index in [1.165, 1.54) is 0 Å². The Kier molecular flexibility index (Phi) is 6.45. The molecular weight excluding hydrogens is 274 g/mol. The van der Waals surface area contributed by atoms with E-state index in [0.717, 1.165) is 0 Å². The Morgan fingerprint density at radius 3 is 2.38 bits per heavy atom. The van der Waals surface area contributed by atoms with Gasteiger partial charge in [0.25, 0.3) is 0 Å². The van der Waals surface area contributed by atoms with Crippen LogP contribution in [0.15, 0.2) is 0 Å². The average Bonchev–Trinajstić information content (AvgIpc) is 2.34. The van der Waals surface area contributed by atoms with Crippen LogP contribution in [-0.4, -0.2) is 42.5 Å². The van der Waals surface area contributed by atoms with Crippen LogP contribution in [0.4, 0.5) is 4.79 Å². The van der Waals surface area contributed by atoms with Crippen molar-refractivity contribution in [2.24, 2.45) is 11.3 Å². The van der Waals surface area contributed by atoms with Gasteiger partial charge in [0.2, 0.25) is 0 Å². The van der Waals surface area contributed by atoms with Crippen molar-refractivity contribution in [1.29, 1.82) is 0 Å². The Balaban J connectivity index is 2.52. The Bertz CT molecular complexity index is 358. The Labute approximate surface area is 126 Å². The smallest absolute Gasteiger partial charge is 0.408 e. The number of amides is 1. The molecule has 0 saturated carbocycles. The molecule has 21 heavy (non-hydrogen) atoms. The molecule has 0 bridgehead atoms. The maximum Gasteiger partial charge on any atom is 0.408 e. The van der Waals surface area contributed by atoms with E-state index < -0.39 is 18.1 Å². The fourth-order valence-corrected chi connectivity index (χ4v) is 2.64. The minimum atomic E-state index is -1.03. The van der Waals surface area contributed by atoms with Gasteiger partial charge in [-0.3, -0.25) is 0 Å². The first-order valence-corrected chi connectivity index (χ1v) is 7.47. The second kappa shape index (κ2) is 7.64. The second-order valence-electron chi connectivity index (χ2n) is 6.92. The Hall–Kier alpha value is -1.30. The summed E-state index contributed by atoms with van der Waals surface area (Å²) in [6.07, 6.45) is 1.16. The average molecular weight is 301 g/mol. The normalized spacial score (nSPS) is 19.6. The predicted molar refractivity (Wildman–Crippen MR) is 78.1 cm³/mol. The van der Waals surface area contributed by atoms with Crippen molar-refractivity contribution >= 4 is 12.1 Å². The summed E-state index contributed by atoms with van der Waals surface area (Å²) in [5.74, 6) is -1.21. The largest absolute Gasteiger partial charge is 0.480 e. The van der Waals surface area contributed by atoms with Gasteiger partial charge in [0, 0.05) is 12.8 Å². The van der Waals surface area contributed by atoms with E-state index in [2.05, 4.69) is 5.32 Å². The third kappa shape index (κ3) is 6.80. The van der Waals surface area contributed by atoms with Crippen molar-refractivity contribution in [3.05, 3.63) is 0 Å². The van der Waals surface area contributed by atoms with Crippen molar-refractivity contribution in [2.45, 2.75) is 59.1 Å². The lowest BCUT2D eigenvalue weighted by molar-refractivity contribution is -0.141. The van der Waals surface area contributed by atoms with Crippen LogP contribution in [0.1, 0.15) is 47.0 Å². The number of carboxylic acid groups (broad SMARTS) is 1. The zero-order valence-electron chi connectivity index (χ0n) is 13.3. The van der Waals surface area contributed by atoms with Crippen molar-refractivity contribution in [3.8, 4) is 0 Å². The zero-order chi connectivity index (χ0) is 16.0. The molecule has 0 aromatic rings. The number of hydrogen-bond acceptors (Lipinski definition) is 4. The first-order chi connectivity index (χ1) is 9.69. The minimum absolute atomic E-state index is 0.000585. The van der Waals surface area contributed by atoms with Gasteiger partial charge in [-0.05, 0) is 17.8 Å². The summed E-state index contributed by atoms with van der Waals surface area (Å²) in [4.78, 5) is 23.2. The SMILES string of the molecule is CC(CC(C)(C)C)C(NC(=O)OC1CCOCC1)C(=O)O. The first-order valence-electron chi connectivity index (χ1n) is 7.47. The summed E-state index contributed by atoms with van der Waals surface area (Å²) in [5, 5.41) is 11.8. The molecule has 2 N–H and O–H groups in total. The summed E-state index contributed by atoms with van der Waals surface area (Å²) in [6, 6.07) is -0.934. The highest BCUT2D eigenvalue weighted by Gasteiger charge is 2.31. The number of aliphatic carboxylic acids is 1. The molecule has 2 unspecified atom stereocenters. The first kappa shape index (κ1) is 17.8. The number of carbonyl (C=O) groups is 2. The number of carboxylic acids is 1. The van der Waals surface area contributed by atoms with Crippen LogP contribution in [0.25, 0.3) is 0 Å². The Morgan fingerprint density at radius 1 is 1.33 bits per heavy atom. The van der Waals surface area contributed by atoms with Gasteiger partial charge < -0.3 is 19.9 Å². The molecule has 1 rings (SSSR count). The lowest BCUT2D eigenvalue weighted by Gasteiger charge is -2.29. The highest BCUT2D eigenvalue weighted by Crippen LogP contribution is 2.26. The van der Waals surface area contributed by atoms with Crippen LogP contribution in [0.3, 0.4) is 0 Å². The molecule has 0 spiro atoms. The molecule has 2 atom stereocenters. The lowest BCUT2D eigenvalue weighted by atomic mass is 9.82. The monoisotopic (exact) mass is 301 g/mol. The van der Waals surface area contributed by atoms with Crippen LogP contribution < -0.4 is 5.32 Å². The summed E-state index contributed by atoms with van der Waals surface area (Å²) in [5.41, 5.74) is -0.000585. The molecule has 6 heteroatoms. The quantitative estimate of drug-likeness (QED) is 0.814. The molecule has 6 nitrogen and oxygen atoms in total. The molecule has 0 radical (unpaired) electrons. The third-order valence-corrected chi connectivity index (χ3v) is 3.48. The Morgan fingerprint density at radius 2 is 1.90 bits per heavy atom. The van der Waals surface area contributed by atoms with Crippen molar-refractivity contribution in [3.63, 3.8) is 0 Å². The topological polar surface area (TPSA) is 84.9 Å². The van der Waals surface area contributed by atoms with E-state index in [4.69, 9.17) is 9.47 Å². The van der Waals surface area contributed by atoms with Crippen molar-refractivity contribution in [2.75, 3.05) is 13.2 Å². The number of ether oxygens (including phenoxy) is 2. The zero-order valence-corrected chi connectivity index (χ0v) is 13.3. The minimum Gasteiger partial charge on any atom is -0.480 e. The molecule has 1 aliphatic heterocycles. The van der Waals surface area contributed by atoms with Crippen LogP contribution in [0.2, 0.25) is 0 Å². The molecule has 0 aromatic heterocycles. The molecule has 1 fully saturated rings. The standard InChI is InChI=1S/C15H27NO5/c1-10(9-15(2,3)4)12(13(17)18)16-14(19)21-11-5-7-20-8-6-11/h10-12H,5-9H2,1-4H3,(H,16,19)(H,17,18). The number of nitrogens with one attached hydrogen (secondary N) is 1. The van der Waals surface area contributed by atoms with E-state index in [0.29, 0.717) is 32.5 Å². The van der Waals surface area contributed by atoms with Gasteiger partial charge in [0.05, 0.1) is 13.2 Å². The molecule has 1 amide bonds. The predicted octanol–water partition coefficient (Wildman–Crippen LogP) is 2.42. The van der Waals surface area contributed by atoms with Crippen LogP contribution in [0.5, 0.6) is 0 Å². The molecule has 1 aliphatic rings. The van der Waals surface area contributed by atoms with Crippen molar-refractivity contribution < 1.29 is 24.2 Å². The van der Waals surface area contributed by atoms with E-state index in [-0.39, 0.29) is 17.4 Å².